The fraction of sp³-hybridized carbons (Fsp3) is 0.364. The van der Waals surface area contributed by atoms with Crippen molar-refractivity contribution in [3.63, 3.8) is 0 Å². The monoisotopic (exact) mass is 528 g/mol. The zero-order valence-electron chi connectivity index (χ0n) is 17.2. The van der Waals surface area contributed by atoms with Crippen LogP contribution in [0, 0.1) is 0 Å². The molecule has 2 N–H and O–H groups in total. The number of benzene rings is 2. The van der Waals surface area contributed by atoms with Crippen molar-refractivity contribution in [2.75, 3.05) is 33.7 Å². The Morgan fingerprint density at radius 2 is 1.72 bits per heavy atom. The van der Waals surface area contributed by atoms with Gasteiger partial charge in [-0.3, -0.25) is 9.79 Å². The summed E-state index contributed by atoms with van der Waals surface area (Å²) in [5, 5.41) is 7.38. The third-order valence-corrected chi connectivity index (χ3v) is 4.42. The van der Waals surface area contributed by atoms with Crippen LogP contribution in [-0.4, -0.2) is 50.5 Å². The average molecular weight is 529 g/mol. The minimum Gasteiger partial charge on any atom is -0.357 e. The molecule has 0 atom stereocenters. The van der Waals surface area contributed by atoms with Crippen LogP contribution in [0.5, 0.6) is 0 Å². The van der Waals surface area contributed by atoms with Crippen LogP contribution in [0.4, 0.5) is 0 Å². The predicted octanol–water partition coefficient (Wildman–Crippen LogP) is 4.00. The summed E-state index contributed by atoms with van der Waals surface area (Å²) in [6, 6.07) is 15.6. The van der Waals surface area contributed by atoms with Crippen molar-refractivity contribution in [3.8, 4) is 0 Å². The summed E-state index contributed by atoms with van der Waals surface area (Å²) in [6.07, 6.45) is 1.65. The van der Waals surface area contributed by atoms with Crippen molar-refractivity contribution in [3.05, 3.63) is 70.2 Å². The Balaban J connectivity index is 0.00000420. The minimum absolute atomic E-state index is 0. The fourth-order valence-electron chi connectivity index (χ4n) is 2.77. The van der Waals surface area contributed by atoms with Crippen molar-refractivity contribution < 1.29 is 4.79 Å². The van der Waals surface area contributed by atoms with Crippen LogP contribution >= 0.6 is 35.6 Å². The number of aliphatic imine (C=N–C) groups is 1. The molecule has 158 valence electrons. The molecule has 2 aromatic carbocycles. The second-order valence-electron chi connectivity index (χ2n) is 6.72. The normalized spacial score (nSPS) is 10.8. The molecule has 0 radical (unpaired) electrons. The maximum atomic E-state index is 12.1. The number of nitrogens with zero attached hydrogens (tertiary/aromatic N) is 2. The molecule has 0 fully saturated rings. The van der Waals surface area contributed by atoms with Crippen molar-refractivity contribution in [2.24, 2.45) is 4.99 Å². The van der Waals surface area contributed by atoms with E-state index in [1.54, 1.807) is 19.0 Å². The highest BCUT2D eigenvalue weighted by molar-refractivity contribution is 14.0. The first-order chi connectivity index (χ1) is 13.5. The molecule has 0 saturated heterocycles. The van der Waals surface area contributed by atoms with Gasteiger partial charge in [0.25, 0.3) is 5.91 Å². The van der Waals surface area contributed by atoms with E-state index in [4.69, 9.17) is 11.6 Å². The van der Waals surface area contributed by atoms with Gasteiger partial charge in [-0.1, -0.05) is 35.9 Å². The Hall–Kier alpha value is -1.80. The van der Waals surface area contributed by atoms with Crippen molar-refractivity contribution >= 4 is 47.4 Å². The van der Waals surface area contributed by atoms with Crippen LogP contribution in [0.2, 0.25) is 5.02 Å². The largest absolute Gasteiger partial charge is 0.357 e. The van der Waals surface area contributed by atoms with E-state index < -0.39 is 0 Å². The number of halogens is 2. The summed E-state index contributed by atoms with van der Waals surface area (Å²) < 4.78 is 0. The lowest BCUT2D eigenvalue weighted by molar-refractivity contribution is 0.0827. The molecule has 0 aromatic heterocycles. The first kappa shape index (κ1) is 25.2. The van der Waals surface area contributed by atoms with Gasteiger partial charge in [-0.15, -0.1) is 24.0 Å². The summed E-state index contributed by atoms with van der Waals surface area (Å²) >= 11 is 6.03. The highest BCUT2D eigenvalue weighted by atomic mass is 127. The average Bonchev–Trinajstić information content (AvgIpc) is 2.67. The Morgan fingerprint density at radius 1 is 1.03 bits per heavy atom. The summed E-state index contributed by atoms with van der Waals surface area (Å²) in [7, 11) is 3.52. The fourth-order valence-corrected chi connectivity index (χ4v) is 2.99. The SMILES string of the molecule is CCNC(=NCCc1cccc(C(=O)N(C)C)c1)NCCc1cccc(Cl)c1.I. The molecule has 7 heteroatoms. The number of rotatable bonds is 8. The number of amides is 1. The molecule has 0 aliphatic rings. The van der Waals surface area contributed by atoms with Crippen molar-refractivity contribution in [1.82, 2.24) is 15.5 Å². The standard InChI is InChI=1S/C22H29ClN4O.HI/c1-4-24-22(26-14-12-18-8-6-10-20(23)16-18)25-13-11-17-7-5-9-19(15-17)21(28)27(2)3;/h5-10,15-16H,4,11-14H2,1-3H3,(H2,24,25,26);1H. The zero-order chi connectivity index (χ0) is 20.4. The van der Waals surface area contributed by atoms with Gasteiger partial charge in [0.2, 0.25) is 0 Å². The molecule has 1 amide bonds. The third kappa shape index (κ3) is 9.04. The van der Waals surface area contributed by atoms with E-state index in [1.165, 1.54) is 5.56 Å². The highest BCUT2D eigenvalue weighted by Gasteiger charge is 2.08. The number of hydrogen-bond acceptors (Lipinski definition) is 2. The highest BCUT2D eigenvalue weighted by Crippen LogP contribution is 2.11. The van der Waals surface area contributed by atoms with Gasteiger partial charge in [-0.05, 0) is 55.2 Å². The first-order valence-electron chi connectivity index (χ1n) is 9.57. The predicted molar refractivity (Wildman–Crippen MR) is 133 cm³/mol. The Labute approximate surface area is 196 Å². The lowest BCUT2D eigenvalue weighted by atomic mass is 10.1. The first-order valence-corrected chi connectivity index (χ1v) is 9.94. The summed E-state index contributed by atoms with van der Waals surface area (Å²) in [5.41, 5.74) is 3.00. The maximum Gasteiger partial charge on any atom is 0.253 e. The van der Waals surface area contributed by atoms with Gasteiger partial charge >= 0.3 is 0 Å². The van der Waals surface area contributed by atoms with E-state index >= 15 is 0 Å². The van der Waals surface area contributed by atoms with E-state index in [9.17, 15) is 4.79 Å². The van der Waals surface area contributed by atoms with Gasteiger partial charge in [0.15, 0.2) is 5.96 Å². The third-order valence-electron chi connectivity index (χ3n) is 4.19. The molecular weight excluding hydrogens is 499 g/mol. The number of carbonyl (C=O) groups excluding carboxylic acids is 1. The molecule has 0 aliphatic heterocycles. The number of nitrogens with one attached hydrogen (secondary N) is 2. The molecule has 0 unspecified atom stereocenters. The lowest BCUT2D eigenvalue weighted by Crippen LogP contribution is -2.38. The summed E-state index contributed by atoms with van der Waals surface area (Å²) in [5.74, 6) is 0.812. The molecule has 0 bridgehead atoms. The lowest BCUT2D eigenvalue weighted by Gasteiger charge is -2.12. The second-order valence-corrected chi connectivity index (χ2v) is 7.15. The molecule has 2 rings (SSSR count). The van der Waals surface area contributed by atoms with E-state index in [-0.39, 0.29) is 29.9 Å². The zero-order valence-corrected chi connectivity index (χ0v) is 20.3. The number of carbonyl (C=O) groups is 1. The van der Waals surface area contributed by atoms with Crippen LogP contribution in [0.15, 0.2) is 53.5 Å². The molecule has 0 spiro atoms. The van der Waals surface area contributed by atoms with Gasteiger partial charge in [0, 0.05) is 44.3 Å². The van der Waals surface area contributed by atoms with Crippen LogP contribution in [0.25, 0.3) is 0 Å². The number of guanidine groups is 1. The molecule has 0 heterocycles. The van der Waals surface area contributed by atoms with E-state index in [2.05, 4.69) is 21.7 Å². The minimum atomic E-state index is 0. The molecule has 0 saturated carbocycles. The van der Waals surface area contributed by atoms with E-state index in [0.29, 0.717) is 12.1 Å². The molecule has 29 heavy (non-hydrogen) atoms. The smallest absolute Gasteiger partial charge is 0.253 e. The Morgan fingerprint density at radius 3 is 2.38 bits per heavy atom. The molecule has 2 aromatic rings. The Bertz CT molecular complexity index is 811. The molecule has 0 aliphatic carbocycles. The topological polar surface area (TPSA) is 56.7 Å². The number of hydrogen-bond donors (Lipinski definition) is 2. The van der Waals surface area contributed by atoms with Crippen LogP contribution < -0.4 is 10.6 Å². The van der Waals surface area contributed by atoms with Crippen LogP contribution in [0.3, 0.4) is 0 Å². The maximum absolute atomic E-state index is 12.1. The van der Waals surface area contributed by atoms with Crippen LogP contribution in [-0.2, 0) is 12.8 Å². The van der Waals surface area contributed by atoms with Crippen molar-refractivity contribution in [2.45, 2.75) is 19.8 Å². The summed E-state index contributed by atoms with van der Waals surface area (Å²) in [4.78, 5) is 18.3. The van der Waals surface area contributed by atoms with Gasteiger partial charge in [0.1, 0.15) is 0 Å². The van der Waals surface area contributed by atoms with Crippen molar-refractivity contribution in [1.29, 1.82) is 0 Å². The van der Waals surface area contributed by atoms with Gasteiger partial charge < -0.3 is 15.5 Å². The van der Waals surface area contributed by atoms with Gasteiger partial charge in [-0.2, -0.15) is 0 Å². The van der Waals surface area contributed by atoms with E-state index in [1.807, 2.05) is 49.4 Å². The quantitative estimate of drug-likeness (QED) is 0.309. The van der Waals surface area contributed by atoms with Crippen LogP contribution in [0.1, 0.15) is 28.4 Å². The molecule has 5 nitrogen and oxygen atoms in total. The Kier molecular flexibility index (Phi) is 11.7. The van der Waals surface area contributed by atoms with Gasteiger partial charge in [-0.25, -0.2) is 0 Å². The van der Waals surface area contributed by atoms with E-state index in [0.717, 1.165) is 42.5 Å². The molecular formula is C22H30ClIN4O. The van der Waals surface area contributed by atoms with Gasteiger partial charge in [0.05, 0.1) is 0 Å². The summed E-state index contributed by atoms with van der Waals surface area (Å²) in [6.45, 7) is 4.27. The second kappa shape index (κ2) is 13.4.